The minimum atomic E-state index is 0.631. The lowest BCUT2D eigenvalue weighted by atomic mass is 10.2. The highest BCUT2D eigenvalue weighted by Gasteiger charge is 1.95. The van der Waals surface area contributed by atoms with Gasteiger partial charge in [-0.15, -0.1) is 0 Å². The summed E-state index contributed by atoms with van der Waals surface area (Å²) in [5.74, 6) is 0. The highest BCUT2D eigenvalue weighted by Crippen LogP contribution is 2.12. The topological polar surface area (TPSA) is 53.1 Å². The fraction of sp³-hybridized carbons (Fsp3) is 0.100. The molecule has 0 aliphatic rings. The second-order valence-electron chi connectivity index (χ2n) is 2.43. The summed E-state index contributed by atoms with van der Waals surface area (Å²) in [4.78, 5) is 13.3. The Morgan fingerprint density at radius 1 is 1.31 bits per heavy atom. The van der Waals surface area contributed by atoms with E-state index in [4.69, 9.17) is 5.11 Å². The Hall–Kier alpha value is -1.61. The van der Waals surface area contributed by atoms with E-state index in [-0.39, 0.29) is 0 Å². The minimum absolute atomic E-state index is 0.631. The van der Waals surface area contributed by atoms with Crippen molar-refractivity contribution in [2.75, 3.05) is 7.11 Å². The summed E-state index contributed by atoms with van der Waals surface area (Å²) in [6, 6.07) is 9.64. The summed E-state index contributed by atoms with van der Waals surface area (Å²) in [5.41, 5.74) is 1.64. The van der Waals surface area contributed by atoms with Crippen molar-refractivity contribution in [2.24, 2.45) is 0 Å². The predicted octanol–water partition coefficient (Wildman–Crippen LogP) is 1.59. The van der Waals surface area contributed by atoms with Crippen LogP contribution >= 0.6 is 0 Å². The van der Waals surface area contributed by atoms with Gasteiger partial charge in [-0.25, -0.2) is 0 Å². The summed E-state index contributed by atoms with van der Waals surface area (Å²) in [6.45, 7) is 0. The molecule has 1 aromatic carbocycles. The number of benzene rings is 1. The molecular formula is C10H11NO2. The van der Waals surface area contributed by atoms with Crippen LogP contribution in [0.5, 0.6) is 0 Å². The van der Waals surface area contributed by atoms with Crippen LogP contribution in [0.25, 0.3) is 10.9 Å². The zero-order chi connectivity index (χ0) is 9.68. The molecule has 13 heavy (non-hydrogen) atoms. The van der Waals surface area contributed by atoms with Gasteiger partial charge in [-0.05, 0) is 12.1 Å². The normalized spacial score (nSPS) is 9.08. The van der Waals surface area contributed by atoms with Crippen molar-refractivity contribution in [3.05, 3.63) is 36.0 Å². The molecule has 2 N–H and O–H groups in total. The smallest absolute Gasteiger partial charge is 0.166 e. The first-order valence-electron chi connectivity index (χ1n) is 3.88. The SMILES string of the molecule is CO.O=Cc1cc2ccccc2[nH]1. The van der Waals surface area contributed by atoms with Gasteiger partial charge in [-0.2, -0.15) is 0 Å². The molecule has 0 atom stereocenters. The van der Waals surface area contributed by atoms with Gasteiger partial charge in [0.2, 0.25) is 0 Å². The quantitative estimate of drug-likeness (QED) is 0.650. The largest absolute Gasteiger partial charge is 0.400 e. The van der Waals surface area contributed by atoms with Crippen molar-refractivity contribution in [2.45, 2.75) is 0 Å². The Morgan fingerprint density at radius 2 is 2.00 bits per heavy atom. The molecule has 0 amide bonds. The van der Waals surface area contributed by atoms with Gasteiger partial charge in [-0.3, -0.25) is 4.79 Å². The number of H-pyrrole nitrogens is 1. The van der Waals surface area contributed by atoms with E-state index in [1.165, 1.54) is 0 Å². The van der Waals surface area contributed by atoms with Crippen molar-refractivity contribution in [3.63, 3.8) is 0 Å². The van der Waals surface area contributed by atoms with Crippen LogP contribution in [-0.2, 0) is 0 Å². The first-order valence-corrected chi connectivity index (χ1v) is 3.88. The molecule has 68 valence electrons. The zero-order valence-electron chi connectivity index (χ0n) is 7.32. The fourth-order valence-electron chi connectivity index (χ4n) is 1.16. The van der Waals surface area contributed by atoms with Gasteiger partial charge < -0.3 is 10.1 Å². The number of hydrogen-bond acceptors (Lipinski definition) is 2. The molecule has 0 fully saturated rings. The van der Waals surface area contributed by atoms with Crippen LogP contribution in [-0.4, -0.2) is 23.5 Å². The van der Waals surface area contributed by atoms with Crippen LogP contribution in [0.2, 0.25) is 0 Å². The molecule has 0 unspecified atom stereocenters. The van der Waals surface area contributed by atoms with E-state index in [1.807, 2.05) is 30.3 Å². The molecule has 0 aliphatic heterocycles. The van der Waals surface area contributed by atoms with Crippen LogP contribution in [0.1, 0.15) is 10.5 Å². The number of rotatable bonds is 1. The van der Waals surface area contributed by atoms with Crippen molar-refractivity contribution >= 4 is 17.2 Å². The maximum absolute atomic E-state index is 10.3. The highest BCUT2D eigenvalue weighted by atomic mass is 16.2. The number of aromatic nitrogens is 1. The fourth-order valence-corrected chi connectivity index (χ4v) is 1.16. The standard InChI is InChI=1S/C9H7NO.CH4O/c11-6-8-5-7-3-1-2-4-9(7)10-8;1-2/h1-6,10H;2H,1H3. The van der Waals surface area contributed by atoms with Crippen molar-refractivity contribution in [1.29, 1.82) is 0 Å². The van der Waals surface area contributed by atoms with E-state index in [1.54, 1.807) is 0 Å². The molecule has 2 rings (SSSR count). The third-order valence-electron chi connectivity index (χ3n) is 1.68. The second-order valence-corrected chi connectivity index (χ2v) is 2.43. The van der Waals surface area contributed by atoms with Crippen LogP contribution in [0.15, 0.2) is 30.3 Å². The van der Waals surface area contributed by atoms with Crippen LogP contribution in [0, 0.1) is 0 Å². The zero-order valence-corrected chi connectivity index (χ0v) is 7.32. The lowest BCUT2D eigenvalue weighted by Gasteiger charge is -1.83. The molecule has 3 heteroatoms. The molecule has 3 nitrogen and oxygen atoms in total. The van der Waals surface area contributed by atoms with Gasteiger partial charge in [0.25, 0.3) is 0 Å². The number of para-hydroxylation sites is 1. The highest BCUT2D eigenvalue weighted by molar-refractivity contribution is 5.87. The minimum Gasteiger partial charge on any atom is -0.400 e. The predicted molar refractivity (Wildman–Crippen MR) is 51.8 cm³/mol. The maximum Gasteiger partial charge on any atom is 0.166 e. The monoisotopic (exact) mass is 177 g/mol. The summed E-state index contributed by atoms with van der Waals surface area (Å²) in [7, 11) is 1.00. The van der Waals surface area contributed by atoms with Gasteiger partial charge in [0, 0.05) is 18.0 Å². The number of carbonyl (C=O) groups is 1. The Morgan fingerprint density at radius 3 is 2.62 bits per heavy atom. The van der Waals surface area contributed by atoms with Gasteiger partial charge in [-0.1, -0.05) is 18.2 Å². The van der Waals surface area contributed by atoms with Gasteiger partial charge >= 0.3 is 0 Å². The Kier molecular flexibility index (Phi) is 3.23. The van der Waals surface area contributed by atoms with E-state index in [0.717, 1.165) is 24.3 Å². The maximum atomic E-state index is 10.3. The number of nitrogens with one attached hydrogen (secondary N) is 1. The number of hydrogen-bond donors (Lipinski definition) is 2. The van der Waals surface area contributed by atoms with Crippen molar-refractivity contribution in [1.82, 2.24) is 4.98 Å². The molecule has 2 aromatic rings. The van der Waals surface area contributed by atoms with Crippen molar-refractivity contribution < 1.29 is 9.90 Å². The summed E-state index contributed by atoms with van der Waals surface area (Å²) in [5, 5.41) is 8.08. The average molecular weight is 177 g/mol. The van der Waals surface area contributed by atoms with Gasteiger partial charge in [0.1, 0.15) is 0 Å². The molecule has 0 saturated carbocycles. The molecule has 1 heterocycles. The number of aromatic amines is 1. The molecule has 1 aromatic heterocycles. The third kappa shape index (κ3) is 1.95. The van der Waals surface area contributed by atoms with E-state index in [0.29, 0.717) is 5.69 Å². The lowest BCUT2D eigenvalue weighted by molar-refractivity contribution is 0.112. The lowest BCUT2D eigenvalue weighted by Crippen LogP contribution is -1.73. The second kappa shape index (κ2) is 4.42. The van der Waals surface area contributed by atoms with Gasteiger partial charge in [0.05, 0.1) is 5.69 Å². The van der Waals surface area contributed by atoms with Crippen LogP contribution in [0.4, 0.5) is 0 Å². The summed E-state index contributed by atoms with van der Waals surface area (Å²) in [6.07, 6.45) is 0.819. The van der Waals surface area contributed by atoms with Crippen LogP contribution < -0.4 is 0 Å². The molecule has 0 aliphatic carbocycles. The molecule has 0 saturated heterocycles. The van der Waals surface area contributed by atoms with E-state index in [2.05, 4.69) is 4.98 Å². The number of aldehydes is 1. The Labute approximate surface area is 76.0 Å². The first kappa shape index (κ1) is 9.48. The third-order valence-corrected chi connectivity index (χ3v) is 1.68. The molecule has 0 spiro atoms. The first-order chi connectivity index (χ1) is 6.40. The number of carbonyl (C=O) groups excluding carboxylic acids is 1. The van der Waals surface area contributed by atoms with E-state index >= 15 is 0 Å². The molecular weight excluding hydrogens is 166 g/mol. The number of aliphatic hydroxyl groups excluding tert-OH is 1. The van der Waals surface area contributed by atoms with Gasteiger partial charge in [0.15, 0.2) is 6.29 Å². The number of fused-ring (bicyclic) bond motifs is 1. The Balaban J connectivity index is 0.000000396. The van der Waals surface area contributed by atoms with Crippen molar-refractivity contribution in [3.8, 4) is 0 Å². The molecule has 0 bridgehead atoms. The van der Waals surface area contributed by atoms with E-state index in [9.17, 15) is 4.79 Å². The average Bonchev–Trinajstić information content (AvgIpc) is 2.63. The number of aliphatic hydroxyl groups is 1. The Bertz CT molecular complexity index is 359. The van der Waals surface area contributed by atoms with Crippen LogP contribution in [0.3, 0.4) is 0 Å². The summed E-state index contributed by atoms with van der Waals surface area (Å²) >= 11 is 0. The van der Waals surface area contributed by atoms with E-state index < -0.39 is 0 Å². The molecule has 0 radical (unpaired) electrons. The summed E-state index contributed by atoms with van der Waals surface area (Å²) < 4.78 is 0.